The van der Waals surface area contributed by atoms with Crippen LogP contribution >= 0.6 is 67.5 Å². The van der Waals surface area contributed by atoms with Crippen LogP contribution in [0.3, 0.4) is 0 Å². The van der Waals surface area contributed by atoms with Crippen molar-refractivity contribution in [1.29, 1.82) is 0 Å². The van der Waals surface area contributed by atoms with Crippen LogP contribution in [0.5, 0.6) is 0 Å². The van der Waals surface area contributed by atoms with Gasteiger partial charge in [-0.3, -0.25) is 9.59 Å². The Balaban J connectivity index is 0.00000256. The summed E-state index contributed by atoms with van der Waals surface area (Å²) < 4.78 is 10.8. The first kappa shape index (κ1) is 53.5. The van der Waals surface area contributed by atoms with Crippen LogP contribution in [0.25, 0.3) is 22.3 Å². The number of carbonyl (C=O) groups is 3. The molecule has 3 N–H and O–H groups in total. The molecular weight excluding hydrogens is 867 g/mol. The highest BCUT2D eigenvalue weighted by Crippen LogP contribution is 2.47. The van der Waals surface area contributed by atoms with Crippen LogP contribution in [0.2, 0.25) is 0 Å². The van der Waals surface area contributed by atoms with Crippen molar-refractivity contribution in [3.05, 3.63) is 83.6 Å². The minimum Gasteiger partial charge on any atom is -0.453 e. The summed E-state index contributed by atoms with van der Waals surface area (Å²) in [5.74, 6) is 8.09. The molecule has 7 rings (SSSR count). The van der Waals surface area contributed by atoms with E-state index in [-0.39, 0.29) is 115 Å². The van der Waals surface area contributed by atoms with Gasteiger partial charge in [-0.25, -0.2) is 14.8 Å². The molecule has 4 aromatic rings. The SMILES string of the molecule is C=C1C[C@@H](c2ncc(-c3ccc(C#Cc4ccc5nc([C@@H]6C[C@@]7(CCCOC7)CN6C(=O)[C@@H](NC(=O)OC)C(C)C)[nH]c5c4)cc3)[nH]2)N(C(=O)[C@@H](C)C(C)C)C1.S.S.S.S.S. The summed E-state index contributed by atoms with van der Waals surface area (Å²) in [7, 11) is 1.30. The van der Waals surface area contributed by atoms with Crippen LogP contribution in [0.4, 0.5) is 4.79 Å². The number of aromatic amines is 2. The Labute approximate surface area is 394 Å². The smallest absolute Gasteiger partial charge is 0.407 e. The summed E-state index contributed by atoms with van der Waals surface area (Å²) in [5.41, 5.74) is 6.05. The lowest BCUT2D eigenvalue weighted by Crippen LogP contribution is -2.51. The fourth-order valence-corrected chi connectivity index (χ4v) is 8.22. The third-order valence-corrected chi connectivity index (χ3v) is 11.8. The van der Waals surface area contributed by atoms with E-state index in [0.29, 0.717) is 31.9 Å². The maximum absolute atomic E-state index is 14.1. The van der Waals surface area contributed by atoms with Gasteiger partial charge >= 0.3 is 6.09 Å². The molecule has 12 nitrogen and oxygen atoms in total. The van der Waals surface area contributed by atoms with Crippen molar-refractivity contribution in [2.75, 3.05) is 33.4 Å². The highest BCUT2D eigenvalue weighted by atomic mass is 32.1. The second kappa shape index (κ2) is 22.6. The number of H-pyrrole nitrogens is 2. The van der Waals surface area contributed by atoms with Gasteiger partial charge in [-0.15, -0.1) is 0 Å². The molecule has 1 spiro atoms. The summed E-state index contributed by atoms with van der Waals surface area (Å²) in [6.45, 7) is 16.5. The zero-order valence-electron chi connectivity index (χ0n) is 35.8. The average molecular weight is 930 g/mol. The van der Waals surface area contributed by atoms with E-state index in [4.69, 9.17) is 14.5 Å². The van der Waals surface area contributed by atoms with E-state index in [2.05, 4.69) is 52.5 Å². The van der Waals surface area contributed by atoms with Gasteiger partial charge in [-0.2, -0.15) is 67.5 Å². The number of fused-ring (bicyclic) bond motifs is 1. The number of ether oxygens (including phenoxy) is 2. The quantitative estimate of drug-likeness (QED) is 0.123. The summed E-state index contributed by atoms with van der Waals surface area (Å²) in [4.78, 5) is 60.0. The number of rotatable bonds is 8. The van der Waals surface area contributed by atoms with E-state index < -0.39 is 12.1 Å². The van der Waals surface area contributed by atoms with Crippen LogP contribution < -0.4 is 5.32 Å². The van der Waals surface area contributed by atoms with E-state index in [1.807, 2.05) is 79.2 Å². The van der Waals surface area contributed by atoms with Gasteiger partial charge in [0.15, 0.2) is 0 Å². The molecule has 2 aromatic heterocycles. The number of methoxy groups -OCH3 is 1. The number of hydrogen-bond acceptors (Lipinski definition) is 7. The van der Waals surface area contributed by atoms with E-state index >= 15 is 0 Å². The number of nitrogens with zero attached hydrogens (tertiary/aromatic N) is 4. The fraction of sp³-hybridized carbons (Fsp3) is 0.477. The predicted octanol–water partition coefficient (Wildman–Crippen LogP) is 7.49. The zero-order valence-corrected chi connectivity index (χ0v) is 40.8. The first-order valence-corrected chi connectivity index (χ1v) is 19.7. The van der Waals surface area contributed by atoms with E-state index in [0.717, 1.165) is 70.7 Å². The van der Waals surface area contributed by atoms with Crippen LogP contribution in [0, 0.1) is 35.0 Å². The number of imidazole rings is 2. The second-order valence-electron chi connectivity index (χ2n) is 16.5. The van der Waals surface area contributed by atoms with E-state index in [9.17, 15) is 14.4 Å². The van der Waals surface area contributed by atoms with Gasteiger partial charge in [0.1, 0.15) is 17.7 Å². The van der Waals surface area contributed by atoms with Gasteiger partial charge in [0.2, 0.25) is 11.8 Å². The molecule has 334 valence electrons. The van der Waals surface area contributed by atoms with Gasteiger partial charge in [0.05, 0.1) is 48.7 Å². The van der Waals surface area contributed by atoms with Gasteiger partial charge < -0.3 is 34.6 Å². The molecule has 17 heteroatoms. The molecule has 0 radical (unpaired) electrons. The van der Waals surface area contributed by atoms with Crippen LogP contribution in [-0.4, -0.2) is 87.1 Å². The number of nitrogens with one attached hydrogen (secondary N) is 3. The van der Waals surface area contributed by atoms with Crippen molar-refractivity contribution in [1.82, 2.24) is 35.1 Å². The van der Waals surface area contributed by atoms with Crippen molar-refractivity contribution in [3.63, 3.8) is 0 Å². The van der Waals surface area contributed by atoms with Gasteiger partial charge in [0.25, 0.3) is 0 Å². The Kier molecular flexibility index (Phi) is 19.8. The molecule has 61 heavy (non-hydrogen) atoms. The minimum atomic E-state index is -0.735. The predicted molar refractivity (Wildman–Crippen MR) is 266 cm³/mol. The molecule has 0 aliphatic carbocycles. The normalized spacial score (nSPS) is 20.3. The van der Waals surface area contributed by atoms with E-state index in [1.165, 1.54) is 7.11 Å². The Bertz CT molecular complexity index is 2190. The molecule has 5 atom stereocenters. The Morgan fingerprint density at radius 3 is 2.23 bits per heavy atom. The molecule has 0 unspecified atom stereocenters. The van der Waals surface area contributed by atoms with Crippen molar-refractivity contribution < 1.29 is 23.9 Å². The largest absolute Gasteiger partial charge is 0.453 e. The Morgan fingerprint density at radius 1 is 0.902 bits per heavy atom. The standard InChI is InChI=1S/C44H53N7O5.5H2S/c1-26(2)29(6)41(52)50-23-28(5)19-36(50)39-45-22-35(48-39)32-14-11-30(12-15-32)9-10-31-13-16-33-34(20-31)47-40(46-33)37-21-44(17-8-18-56-25-44)24-51(37)42(53)38(27(3)4)49-43(54)55-7;;;;;/h11-16,20,22,26-27,29,36-38H,5,8,17-19,21,23-25H2,1-4,6-7H3,(H,45,48)(H,46,47)(H,49,54);5*1H2/t29-,36-,37-,38-,44-;;;;;/m0...../s1. The van der Waals surface area contributed by atoms with Crippen LogP contribution in [0.1, 0.15) is 95.2 Å². The van der Waals surface area contributed by atoms with Crippen molar-refractivity contribution in [3.8, 4) is 23.1 Å². The van der Waals surface area contributed by atoms with Gasteiger partial charge in [0, 0.05) is 42.2 Å². The highest BCUT2D eigenvalue weighted by molar-refractivity contribution is 7.60. The molecule has 0 bridgehead atoms. The van der Waals surface area contributed by atoms with E-state index in [1.54, 1.807) is 0 Å². The minimum absolute atomic E-state index is 0. The number of amides is 3. The maximum Gasteiger partial charge on any atom is 0.407 e. The number of likely N-dealkylation sites (tertiary alicyclic amines) is 2. The highest BCUT2D eigenvalue weighted by Gasteiger charge is 2.50. The molecule has 3 fully saturated rings. The first-order valence-electron chi connectivity index (χ1n) is 19.7. The first-order chi connectivity index (χ1) is 26.8. The van der Waals surface area contributed by atoms with Crippen molar-refractivity contribution >= 4 is 96.4 Å². The molecule has 3 aliphatic heterocycles. The van der Waals surface area contributed by atoms with Crippen molar-refractivity contribution in [2.24, 2.45) is 23.2 Å². The molecule has 0 saturated carbocycles. The summed E-state index contributed by atoms with van der Waals surface area (Å²) in [5, 5.41) is 2.75. The monoisotopic (exact) mass is 929 g/mol. The summed E-state index contributed by atoms with van der Waals surface area (Å²) in [6.07, 6.45) is 4.52. The molecule has 3 saturated heterocycles. The molecule has 3 amide bonds. The molecule has 3 aliphatic rings. The lowest BCUT2D eigenvalue weighted by Gasteiger charge is -2.33. The lowest BCUT2D eigenvalue weighted by molar-refractivity contribution is -0.137. The zero-order chi connectivity index (χ0) is 39.7. The number of aromatic nitrogens is 4. The number of alkyl carbamates (subject to hydrolysis) is 1. The average Bonchev–Trinajstić information content (AvgIpc) is 4.00. The van der Waals surface area contributed by atoms with Gasteiger partial charge in [-0.1, -0.05) is 70.7 Å². The lowest BCUT2D eigenvalue weighted by atomic mass is 9.80. The third-order valence-electron chi connectivity index (χ3n) is 11.8. The Morgan fingerprint density at radius 2 is 1.59 bits per heavy atom. The number of hydrogen-bond donors (Lipinski definition) is 3. The van der Waals surface area contributed by atoms with Gasteiger partial charge in [-0.05, 0) is 73.4 Å². The topological polar surface area (TPSA) is 146 Å². The molecule has 2 aromatic carbocycles. The van der Waals surface area contributed by atoms with Crippen molar-refractivity contribution in [2.45, 2.75) is 78.4 Å². The third kappa shape index (κ3) is 11.7. The number of carbonyl (C=O) groups excluding carboxylic acids is 3. The Hall–Kier alpha value is -3.66. The fourth-order valence-electron chi connectivity index (χ4n) is 8.22. The van der Waals surface area contributed by atoms with Crippen LogP contribution in [-0.2, 0) is 19.1 Å². The molecule has 5 heterocycles. The van der Waals surface area contributed by atoms with Crippen LogP contribution in [0.15, 0.2) is 60.8 Å². The summed E-state index contributed by atoms with van der Waals surface area (Å²) >= 11 is 0. The summed E-state index contributed by atoms with van der Waals surface area (Å²) in [6, 6.07) is 12.7. The maximum atomic E-state index is 14.1. The second-order valence-corrected chi connectivity index (χ2v) is 16.5. The molecular formula is C44H63N7O5S5. The number of benzene rings is 2.